The van der Waals surface area contributed by atoms with Crippen LogP contribution in [0.3, 0.4) is 0 Å². The van der Waals surface area contributed by atoms with Gasteiger partial charge in [0.2, 0.25) is 0 Å². The summed E-state index contributed by atoms with van der Waals surface area (Å²) in [6, 6.07) is 18.7. The fraction of sp³-hybridized carbons (Fsp3) is 0.391. The molecular formula is C23H26N4O. The molecule has 3 aromatic rings. The van der Waals surface area contributed by atoms with Crippen LogP contribution >= 0.6 is 0 Å². The molecule has 3 heterocycles. The molecular weight excluding hydrogens is 348 g/mol. The van der Waals surface area contributed by atoms with E-state index in [2.05, 4.69) is 52.5 Å². The Morgan fingerprint density at radius 2 is 1.79 bits per heavy atom. The van der Waals surface area contributed by atoms with Gasteiger partial charge in [-0.2, -0.15) is 4.98 Å². The Morgan fingerprint density at radius 1 is 1.07 bits per heavy atom. The number of hydrogen-bond acceptors (Lipinski definition) is 4. The number of rotatable bonds is 3. The van der Waals surface area contributed by atoms with Crippen molar-refractivity contribution in [1.82, 2.24) is 14.5 Å². The van der Waals surface area contributed by atoms with Crippen molar-refractivity contribution < 1.29 is 0 Å². The highest BCUT2D eigenvalue weighted by molar-refractivity contribution is 5.89. The van der Waals surface area contributed by atoms with Crippen molar-refractivity contribution in [2.45, 2.75) is 38.4 Å². The van der Waals surface area contributed by atoms with Crippen molar-refractivity contribution >= 4 is 16.7 Å². The second-order valence-electron chi connectivity index (χ2n) is 8.37. The smallest absolute Gasteiger partial charge is 0.349 e. The van der Waals surface area contributed by atoms with E-state index in [4.69, 9.17) is 0 Å². The Hall–Kier alpha value is -2.66. The molecule has 2 aliphatic heterocycles. The third kappa shape index (κ3) is 3.00. The van der Waals surface area contributed by atoms with Crippen LogP contribution in [-0.2, 0) is 13.0 Å². The Labute approximate surface area is 165 Å². The molecule has 1 fully saturated rings. The SMILES string of the molecule is CC1(N2CCC(Cc3ccccc3)CC2)Cn2c(c3ccccc3nc2=O)N1. The minimum absolute atomic E-state index is 0.163. The molecule has 28 heavy (non-hydrogen) atoms. The maximum absolute atomic E-state index is 12.5. The first kappa shape index (κ1) is 17.4. The van der Waals surface area contributed by atoms with Crippen LogP contribution in [-0.4, -0.2) is 33.2 Å². The zero-order valence-electron chi connectivity index (χ0n) is 16.3. The van der Waals surface area contributed by atoms with Gasteiger partial charge in [-0.3, -0.25) is 9.47 Å². The van der Waals surface area contributed by atoms with Crippen molar-refractivity contribution in [3.05, 3.63) is 70.6 Å². The van der Waals surface area contributed by atoms with Gasteiger partial charge < -0.3 is 5.32 Å². The minimum atomic E-state index is -0.240. The van der Waals surface area contributed by atoms with Crippen molar-refractivity contribution in [2.24, 2.45) is 5.92 Å². The highest BCUT2D eigenvalue weighted by Gasteiger charge is 2.40. The van der Waals surface area contributed by atoms with Crippen LogP contribution in [0, 0.1) is 5.92 Å². The number of aromatic nitrogens is 2. The topological polar surface area (TPSA) is 50.2 Å². The van der Waals surface area contributed by atoms with E-state index >= 15 is 0 Å². The van der Waals surface area contributed by atoms with Crippen LogP contribution in [0.25, 0.3) is 10.9 Å². The molecule has 0 amide bonds. The molecule has 1 aromatic heterocycles. The molecule has 1 unspecified atom stereocenters. The van der Waals surface area contributed by atoms with Crippen LogP contribution in [0.2, 0.25) is 0 Å². The number of nitrogens with one attached hydrogen (secondary N) is 1. The molecule has 0 aliphatic carbocycles. The summed E-state index contributed by atoms with van der Waals surface area (Å²) in [4.78, 5) is 19.3. The second-order valence-corrected chi connectivity index (χ2v) is 8.37. The molecule has 2 aliphatic rings. The van der Waals surface area contributed by atoms with E-state index in [0.29, 0.717) is 6.54 Å². The predicted octanol–water partition coefficient (Wildman–Crippen LogP) is 3.49. The summed E-state index contributed by atoms with van der Waals surface area (Å²) in [6.07, 6.45) is 3.54. The average molecular weight is 374 g/mol. The molecule has 0 spiro atoms. The van der Waals surface area contributed by atoms with Gasteiger partial charge in [-0.05, 0) is 49.8 Å². The van der Waals surface area contributed by atoms with Gasteiger partial charge in [-0.1, -0.05) is 42.5 Å². The van der Waals surface area contributed by atoms with Crippen LogP contribution in [0.5, 0.6) is 0 Å². The minimum Gasteiger partial charge on any atom is -0.351 e. The molecule has 1 atom stereocenters. The van der Waals surface area contributed by atoms with E-state index in [9.17, 15) is 4.79 Å². The highest BCUT2D eigenvalue weighted by Crippen LogP contribution is 2.35. The van der Waals surface area contributed by atoms with Gasteiger partial charge >= 0.3 is 5.69 Å². The first-order chi connectivity index (χ1) is 13.6. The molecule has 144 valence electrons. The zero-order valence-corrected chi connectivity index (χ0v) is 16.3. The Morgan fingerprint density at radius 3 is 2.57 bits per heavy atom. The summed E-state index contributed by atoms with van der Waals surface area (Å²) < 4.78 is 1.80. The summed E-state index contributed by atoms with van der Waals surface area (Å²) in [7, 11) is 0. The first-order valence-electron chi connectivity index (χ1n) is 10.2. The number of para-hydroxylation sites is 1. The standard InChI is InChI=1S/C23H26N4O/c1-23(26-13-11-18(12-14-26)15-17-7-3-2-4-8-17)16-27-21(25-23)19-9-5-6-10-20(19)24-22(27)28/h2-10,18,25H,11-16H2,1H3. The largest absolute Gasteiger partial charge is 0.351 e. The highest BCUT2D eigenvalue weighted by atomic mass is 16.1. The predicted molar refractivity (Wildman–Crippen MR) is 112 cm³/mol. The lowest BCUT2D eigenvalue weighted by Crippen LogP contribution is -2.54. The van der Waals surface area contributed by atoms with Gasteiger partial charge in [-0.25, -0.2) is 4.79 Å². The number of fused-ring (bicyclic) bond motifs is 3. The van der Waals surface area contributed by atoms with Crippen LogP contribution < -0.4 is 11.0 Å². The third-order valence-electron chi connectivity index (χ3n) is 6.41. The maximum Gasteiger partial charge on any atom is 0.349 e. The van der Waals surface area contributed by atoms with Gasteiger partial charge in [0.25, 0.3) is 0 Å². The molecule has 1 saturated heterocycles. The van der Waals surface area contributed by atoms with Gasteiger partial charge in [0.05, 0.1) is 12.1 Å². The Bertz CT molecular complexity index is 1050. The summed E-state index contributed by atoms with van der Waals surface area (Å²) in [6.45, 7) is 4.96. The average Bonchev–Trinajstić information content (AvgIpc) is 3.09. The molecule has 0 saturated carbocycles. The van der Waals surface area contributed by atoms with Crippen molar-refractivity contribution in [3.8, 4) is 0 Å². The lowest BCUT2D eigenvalue weighted by atomic mass is 9.89. The van der Waals surface area contributed by atoms with Crippen molar-refractivity contribution in [3.63, 3.8) is 0 Å². The summed E-state index contributed by atoms with van der Waals surface area (Å²) in [5.74, 6) is 1.64. The van der Waals surface area contributed by atoms with E-state index in [-0.39, 0.29) is 11.4 Å². The van der Waals surface area contributed by atoms with Gasteiger partial charge in [0.15, 0.2) is 0 Å². The molecule has 2 aromatic carbocycles. The fourth-order valence-electron chi connectivity index (χ4n) is 4.82. The Kier molecular flexibility index (Phi) is 4.20. The monoisotopic (exact) mass is 374 g/mol. The second kappa shape index (κ2) is 6.74. The molecule has 5 nitrogen and oxygen atoms in total. The van der Waals surface area contributed by atoms with E-state index in [1.165, 1.54) is 18.4 Å². The van der Waals surface area contributed by atoms with E-state index in [0.717, 1.165) is 42.1 Å². The first-order valence-corrected chi connectivity index (χ1v) is 10.2. The molecule has 5 rings (SSSR count). The number of benzene rings is 2. The van der Waals surface area contributed by atoms with E-state index in [1.54, 1.807) is 4.57 Å². The zero-order chi connectivity index (χ0) is 19.1. The molecule has 1 N–H and O–H groups in total. The van der Waals surface area contributed by atoms with Crippen LogP contribution in [0.15, 0.2) is 59.4 Å². The molecule has 0 radical (unpaired) electrons. The van der Waals surface area contributed by atoms with Crippen LogP contribution in [0.1, 0.15) is 25.3 Å². The maximum atomic E-state index is 12.5. The van der Waals surface area contributed by atoms with E-state index < -0.39 is 0 Å². The quantitative estimate of drug-likeness (QED) is 0.762. The van der Waals surface area contributed by atoms with Crippen LogP contribution in [0.4, 0.5) is 5.82 Å². The Balaban J connectivity index is 1.33. The summed E-state index contributed by atoms with van der Waals surface area (Å²) >= 11 is 0. The number of hydrogen-bond donors (Lipinski definition) is 1. The molecule has 0 bridgehead atoms. The number of likely N-dealkylation sites (tertiary alicyclic amines) is 1. The van der Waals surface area contributed by atoms with E-state index in [1.807, 2.05) is 24.3 Å². The lowest BCUT2D eigenvalue weighted by molar-refractivity contribution is 0.0774. The third-order valence-corrected chi connectivity index (χ3v) is 6.41. The number of piperidine rings is 1. The summed E-state index contributed by atoms with van der Waals surface area (Å²) in [5, 5.41) is 4.70. The van der Waals surface area contributed by atoms with Gasteiger partial charge in [0.1, 0.15) is 11.5 Å². The fourth-order valence-corrected chi connectivity index (χ4v) is 4.82. The lowest BCUT2D eigenvalue weighted by Gasteiger charge is -2.42. The molecule has 5 heteroatoms. The van der Waals surface area contributed by atoms with Crippen molar-refractivity contribution in [1.29, 1.82) is 0 Å². The summed E-state index contributed by atoms with van der Waals surface area (Å²) in [5.41, 5.74) is 1.79. The number of nitrogens with zero attached hydrogens (tertiary/aromatic N) is 3. The van der Waals surface area contributed by atoms with Gasteiger partial charge in [0, 0.05) is 18.5 Å². The normalized spacial score (nSPS) is 22.9. The number of anilines is 1. The van der Waals surface area contributed by atoms with Crippen molar-refractivity contribution in [2.75, 3.05) is 18.4 Å². The van der Waals surface area contributed by atoms with Gasteiger partial charge in [-0.15, -0.1) is 0 Å².